The number of nitrogens with zero attached hydrogens (tertiary/aromatic N) is 3. The molecule has 0 aromatic heterocycles. The maximum atomic E-state index is 14.3. The van der Waals surface area contributed by atoms with Gasteiger partial charge < -0.3 is 20.2 Å². The SMILES string of the molecule is CC[C@H](c1ccc(C(=O)NCCC(=O)O)cc1)N1C(=O)C(N2CCC(C(C)C)CC2)=NC12CCC(C(C)(C)C)CC2. The molecule has 0 unspecified atom stereocenters. The topological polar surface area (TPSA) is 102 Å². The van der Waals surface area contributed by atoms with Crippen LogP contribution in [0.4, 0.5) is 0 Å². The fourth-order valence-electron chi connectivity index (χ4n) is 7.12. The lowest BCUT2D eigenvalue weighted by Crippen LogP contribution is -2.52. The minimum atomic E-state index is -0.946. The van der Waals surface area contributed by atoms with Crippen LogP contribution in [0.5, 0.6) is 0 Å². The van der Waals surface area contributed by atoms with Gasteiger partial charge in [-0.3, -0.25) is 14.4 Å². The normalized spacial score (nSPS) is 24.6. The molecule has 2 fully saturated rings. The molecule has 1 saturated carbocycles. The van der Waals surface area contributed by atoms with E-state index in [-0.39, 0.29) is 36.2 Å². The molecule has 1 aromatic rings. The third-order valence-corrected chi connectivity index (χ3v) is 9.85. The van der Waals surface area contributed by atoms with Crippen molar-refractivity contribution in [2.75, 3.05) is 19.6 Å². The average molecular weight is 567 g/mol. The predicted molar refractivity (Wildman–Crippen MR) is 162 cm³/mol. The van der Waals surface area contributed by atoms with Gasteiger partial charge in [-0.2, -0.15) is 0 Å². The average Bonchev–Trinajstić information content (AvgIpc) is 3.20. The number of nitrogens with one attached hydrogen (secondary N) is 1. The van der Waals surface area contributed by atoms with Crippen LogP contribution in [0.3, 0.4) is 0 Å². The molecular weight excluding hydrogens is 516 g/mol. The van der Waals surface area contributed by atoms with E-state index >= 15 is 0 Å². The van der Waals surface area contributed by atoms with Crippen LogP contribution in [0, 0.1) is 23.2 Å². The van der Waals surface area contributed by atoms with Crippen LogP contribution in [-0.4, -0.2) is 63.8 Å². The number of piperidine rings is 1. The standard InChI is InChI=1S/C33H50N4O4/c1-7-27(24-8-10-25(11-9-24)30(40)34-19-14-28(38)39)37-31(41)29(36-20-15-23(16-21-36)22(2)3)35-33(37)17-12-26(13-18-33)32(4,5)6/h8-11,22-23,26-27H,7,12-21H2,1-6H3,(H,34,40)(H,38,39)/t26?,27-,33?/m1/s1. The zero-order valence-corrected chi connectivity index (χ0v) is 25.9. The molecule has 1 saturated heterocycles. The smallest absolute Gasteiger partial charge is 0.305 e. The zero-order valence-electron chi connectivity index (χ0n) is 25.9. The van der Waals surface area contributed by atoms with Crippen LogP contribution in [-0.2, 0) is 9.59 Å². The number of hydrogen-bond acceptors (Lipinski definition) is 5. The van der Waals surface area contributed by atoms with Gasteiger partial charge in [0.25, 0.3) is 11.8 Å². The molecule has 8 nitrogen and oxygen atoms in total. The number of aliphatic imine (C=N–C) groups is 1. The Bertz CT molecular complexity index is 1120. The van der Waals surface area contributed by atoms with E-state index in [1.54, 1.807) is 12.1 Å². The van der Waals surface area contributed by atoms with Gasteiger partial charge in [0.2, 0.25) is 0 Å². The highest BCUT2D eigenvalue weighted by molar-refractivity contribution is 6.39. The first-order valence-corrected chi connectivity index (χ1v) is 15.6. The molecule has 2 aliphatic heterocycles. The summed E-state index contributed by atoms with van der Waals surface area (Å²) >= 11 is 0. The molecule has 3 aliphatic rings. The molecule has 8 heteroatoms. The molecule has 4 rings (SSSR count). The third-order valence-electron chi connectivity index (χ3n) is 9.85. The maximum absolute atomic E-state index is 14.3. The summed E-state index contributed by atoms with van der Waals surface area (Å²) in [5.41, 5.74) is 1.17. The fourth-order valence-corrected chi connectivity index (χ4v) is 7.12. The monoisotopic (exact) mass is 566 g/mol. The van der Waals surface area contributed by atoms with E-state index in [1.165, 1.54) is 0 Å². The van der Waals surface area contributed by atoms with Gasteiger partial charge in [0.15, 0.2) is 5.84 Å². The summed E-state index contributed by atoms with van der Waals surface area (Å²) in [6.07, 6.45) is 6.65. The van der Waals surface area contributed by atoms with Crippen molar-refractivity contribution in [1.82, 2.24) is 15.1 Å². The molecule has 2 amide bonds. The molecule has 2 N–H and O–H groups in total. The quantitative estimate of drug-likeness (QED) is 0.409. The number of benzene rings is 1. The van der Waals surface area contributed by atoms with E-state index in [1.807, 2.05) is 12.1 Å². The van der Waals surface area contributed by atoms with Gasteiger partial charge in [-0.15, -0.1) is 0 Å². The van der Waals surface area contributed by atoms with Crippen LogP contribution >= 0.6 is 0 Å². The Morgan fingerprint density at radius 2 is 1.68 bits per heavy atom. The predicted octanol–water partition coefficient (Wildman–Crippen LogP) is 5.88. The second-order valence-electron chi connectivity index (χ2n) is 13.7. The largest absolute Gasteiger partial charge is 0.481 e. The lowest BCUT2D eigenvalue weighted by Gasteiger charge is -2.47. The van der Waals surface area contributed by atoms with E-state index < -0.39 is 11.6 Å². The minimum absolute atomic E-state index is 0.0459. The third kappa shape index (κ3) is 6.78. The molecule has 0 bridgehead atoms. The highest BCUT2D eigenvalue weighted by atomic mass is 16.4. The Kier molecular flexibility index (Phi) is 9.49. The van der Waals surface area contributed by atoms with Crippen molar-refractivity contribution in [2.24, 2.45) is 28.2 Å². The van der Waals surface area contributed by atoms with Gasteiger partial charge in [-0.05, 0) is 85.8 Å². The summed E-state index contributed by atoms with van der Waals surface area (Å²) in [5, 5.41) is 11.5. The van der Waals surface area contributed by atoms with Crippen LogP contribution in [0.1, 0.15) is 115 Å². The van der Waals surface area contributed by atoms with Crippen LogP contribution < -0.4 is 5.32 Å². The van der Waals surface area contributed by atoms with Gasteiger partial charge >= 0.3 is 5.97 Å². The highest BCUT2D eigenvalue weighted by Crippen LogP contribution is 2.49. The number of carbonyl (C=O) groups excluding carboxylic acids is 2. The molecule has 226 valence electrons. The molecule has 0 radical (unpaired) electrons. The molecule has 1 aromatic carbocycles. The highest BCUT2D eigenvalue weighted by Gasteiger charge is 2.53. The first-order valence-electron chi connectivity index (χ1n) is 15.6. The molecule has 1 aliphatic carbocycles. The second-order valence-corrected chi connectivity index (χ2v) is 13.7. The summed E-state index contributed by atoms with van der Waals surface area (Å²) in [6.45, 7) is 15.5. The van der Waals surface area contributed by atoms with E-state index in [9.17, 15) is 14.4 Å². The van der Waals surface area contributed by atoms with Crippen molar-refractivity contribution in [3.63, 3.8) is 0 Å². The Balaban J connectivity index is 1.59. The molecule has 2 heterocycles. The lowest BCUT2D eigenvalue weighted by molar-refractivity contribution is -0.137. The van der Waals surface area contributed by atoms with E-state index in [4.69, 9.17) is 10.1 Å². The minimum Gasteiger partial charge on any atom is -0.481 e. The number of carbonyl (C=O) groups is 3. The van der Waals surface area contributed by atoms with Crippen molar-refractivity contribution in [3.05, 3.63) is 35.4 Å². The Hall–Kier alpha value is -2.90. The number of carboxylic acid groups (broad SMARTS) is 1. The van der Waals surface area contributed by atoms with Crippen molar-refractivity contribution in [2.45, 2.75) is 105 Å². The van der Waals surface area contributed by atoms with Crippen molar-refractivity contribution >= 4 is 23.6 Å². The number of likely N-dealkylation sites (tertiary alicyclic amines) is 1. The van der Waals surface area contributed by atoms with Gasteiger partial charge in [-0.1, -0.05) is 53.7 Å². The van der Waals surface area contributed by atoms with Gasteiger partial charge in [-0.25, -0.2) is 4.99 Å². The summed E-state index contributed by atoms with van der Waals surface area (Å²) in [5.74, 6) is 1.40. The van der Waals surface area contributed by atoms with E-state index in [0.29, 0.717) is 29.2 Å². The number of hydrogen-bond donors (Lipinski definition) is 2. The van der Waals surface area contributed by atoms with Crippen molar-refractivity contribution in [1.29, 1.82) is 0 Å². The molecule has 41 heavy (non-hydrogen) atoms. The van der Waals surface area contributed by atoms with E-state index in [2.05, 4.69) is 56.7 Å². The zero-order chi connectivity index (χ0) is 29.9. The summed E-state index contributed by atoms with van der Waals surface area (Å²) in [4.78, 5) is 47.3. The summed E-state index contributed by atoms with van der Waals surface area (Å²) in [6, 6.07) is 7.28. The lowest BCUT2D eigenvalue weighted by atomic mass is 9.69. The van der Waals surface area contributed by atoms with Gasteiger partial charge in [0.05, 0.1) is 12.5 Å². The van der Waals surface area contributed by atoms with E-state index in [0.717, 1.165) is 63.6 Å². The van der Waals surface area contributed by atoms with Gasteiger partial charge in [0, 0.05) is 25.2 Å². The molecule has 1 atom stereocenters. The Labute approximate surface area is 246 Å². The molecule has 1 spiro atoms. The Morgan fingerprint density at radius 3 is 2.20 bits per heavy atom. The molecular formula is C33H50N4O4. The first kappa shape index (κ1) is 31.0. The number of rotatable bonds is 8. The number of carboxylic acids is 1. The Morgan fingerprint density at radius 1 is 1.07 bits per heavy atom. The maximum Gasteiger partial charge on any atom is 0.305 e. The number of amidine groups is 1. The second kappa shape index (κ2) is 12.5. The summed E-state index contributed by atoms with van der Waals surface area (Å²) < 4.78 is 0. The van der Waals surface area contributed by atoms with Crippen LogP contribution in [0.2, 0.25) is 0 Å². The van der Waals surface area contributed by atoms with Crippen LogP contribution in [0.15, 0.2) is 29.3 Å². The van der Waals surface area contributed by atoms with Gasteiger partial charge in [0.1, 0.15) is 5.66 Å². The van der Waals surface area contributed by atoms with Crippen molar-refractivity contribution < 1.29 is 19.5 Å². The van der Waals surface area contributed by atoms with Crippen LogP contribution in [0.25, 0.3) is 0 Å². The first-order chi connectivity index (χ1) is 19.4. The fraction of sp³-hybridized carbons (Fsp3) is 0.697. The number of amides is 2. The summed E-state index contributed by atoms with van der Waals surface area (Å²) in [7, 11) is 0. The van der Waals surface area contributed by atoms with Crippen molar-refractivity contribution in [3.8, 4) is 0 Å². The number of aliphatic carboxylic acids is 1.